The lowest BCUT2D eigenvalue weighted by Crippen LogP contribution is -1.99. The van der Waals surface area contributed by atoms with Gasteiger partial charge in [0.1, 0.15) is 4.60 Å². The fourth-order valence-electron chi connectivity index (χ4n) is 0.902. The molecule has 0 unspecified atom stereocenters. The van der Waals surface area contributed by atoms with Gasteiger partial charge in [-0.15, -0.1) is 0 Å². The first-order valence-corrected chi connectivity index (χ1v) is 4.88. The molecule has 2 nitrogen and oxygen atoms in total. The number of aromatic nitrogens is 1. The number of alkyl halides is 2. The van der Waals surface area contributed by atoms with E-state index in [9.17, 15) is 8.78 Å². The molecule has 72 valence electrons. The summed E-state index contributed by atoms with van der Waals surface area (Å²) in [4.78, 5) is 3.77. The van der Waals surface area contributed by atoms with Gasteiger partial charge in [0.15, 0.2) is 0 Å². The number of pyridine rings is 1. The Morgan fingerprint density at radius 3 is 2.46 bits per heavy atom. The van der Waals surface area contributed by atoms with Gasteiger partial charge in [-0.05, 0) is 31.9 Å². The molecule has 6 heteroatoms. The number of rotatable bonds is 2. The van der Waals surface area contributed by atoms with Crippen molar-refractivity contribution in [3.8, 4) is 0 Å². The molecule has 0 aliphatic carbocycles. The summed E-state index contributed by atoms with van der Waals surface area (Å²) in [5.74, 6) is 0. The molecule has 0 saturated heterocycles. The highest BCUT2D eigenvalue weighted by Crippen LogP contribution is 2.33. The third-order valence-corrected chi connectivity index (χ3v) is 2.81. The van der Waals surface area contributed by atoms with Crippen molar-refractivity contribution in [1.82, 2.24) is 4.98 Å². The van der Waals surface area contributed by atoms with E-state index >= 15 is 0 Å². The topological polar surface area (TPSA) is 33.1 Å². The minimum Gasteiger partial charge on any atom is -0.392 e. The SMILES string of the molecule is OCc1c(Br)ncc(Br)c1C(F)F. The summed E-state index contributed by atoms with van der Waals surface area (Å²) in [7, 11) is 0. The number of aliphatic hydroxyl groups excluding tert-OH is 1. The first-order valence-electron chi connectivity index (χ1n) is 3.29. The molecule has 0 aliphatic rings. The second-order valence-corrected chi connectivity index (χ2v) is 3.85. The fraction of sp³-hybridized carbons (Fsp3) is 0.286. The molecule has 0 atom stereocenters. The maximum atomic E-state index is 12.5. The average molecular weight is 317 g/mol. The van der Waals surface area contributed by atoms with Crippen LogP contribution in [0.5, 0.6) is 0 Å². The molecule has 0 amide bonds. The van der Waals surface area contributed by atoms with Crippen LogP contribution in [0.25, 0.3) is 0 Å². The van der Waals surface area contributed by atoms with E-state index in [1.807, 2.05) is 0 Å². The Morgan fingerprint density at radius 2 is 2.08 bits per heavy atom. The normalized spacial score (nSPS) is 10.9. The second kappa shape index (κ2) is 4.43. The standard InChI is InChI=1S/C7H5Br2F2NO/c8-4-1-12-6(9)3(2-13)5(4)7(10)11/h1,7,13H,2H2. The predicted molar refractivity (Wildman–Crippen MR) is 50.5 cm³/mol. The Kier molecular flexibility index (Phi) is 3.75. The van der Waals surface area contributed by atoms with Crippen molar-refractivity contribution in [2.45, 2.75) is 13.0 Å². The summed E-state index contributed by atoms with van der Waals surface area (Å²) in [6.07, 6.45) is -1.36. The molecule has 1 aromatic rings. The lowest BCUT2D eigenvalue weighted by molar-refractivity contribution is 0.146. The number of nitrogens with zero attached hydrogens (tertiary/aromatic N) is 1. The Morgan fingerprint density at radius 1 is 1.46 bits per heavy atom. The van der Waals surface area contributed by atoms with Crippen molar-refractivity contribution in [1.29, 1.82) is 0 Å². The van der Waals surface area contributed by atoms with Gasteiger partial charge in [0.05, 0.1) is 6.61 Å². The van der Waals surface area contributed by atoms with Crippen molar-refractivity contribution >= 4 is 31.9 Å². The van der Waals surface area contributed by atoms with Crippen molar-refractivity contribution in [2.75, 3.05) is 0 Å². The predicted octanol–water partition coefficient (Wildman–Crippen LogP) is 3.04. The van der Waals surface area contributed by atoms with Gasteiger partial charge in [-0.3, -0.25) is 0 Å². The molecule has 0 bridgehead atoms. The van der Waals surface area contributed by atoms with Crippen LogP contribution >= 0.6 is 31.9 Å². The van der Waals surface area contributed by atoms with Crippen LogP contribution in [0.15, 0.2) is 15.3 Å². The highest BCUT2D eigenvalue weighted by atomic mass is 79.9. The van der Waals surface area contributed by atoms with Crippen molar-refractivity contribution in [2.24, 2.45) is 0 Å². The summed E-state index contributed by atoms with van der Waals surface area (Å²) in [6.45, 7) is -0.466. The van der Waals surface area contributed by atoms with Gasteiger partial charge in [0.2, 0.25) is 0 Å². The first-order chi connectivity index (χ1) is 6.07. The van der Waals surface area contributed by atoms with Gasteiger partial charge in [-0.2, -0.15) is 0 Å². The van der Waals surface area contributed by atoms with E-state index in [1.165, 1.54) is 6.20 Å². The molecule has 0 spiro atoms. The van der Waals surface area contributed by atoms with Gasteiger partial charge < -0.3 is 5.11 Å². The molecule has 13 heavy (non-hydrogen) atoms. The fourth-order valence-corrected chi connectivity index (χ4v) is 1.86. The molecular weight excluding hydrogens is 312 g/mol. The van der Waals surface area contributed by atoms with E-state index in [4.69, 9.17) is 5.11 Å². The van der Waals surface area contributed by atoms with Gasteiger partial charge in [-0.25, -0.2) is 13.8 Å². The quantitative estimate of drug-likeness (QED) is 0.851. The highest BCUT2D eigenvalue weighted by molar-refractivity contribution is 9.11. The smallest absolute Gasteiger partial charge is 0.265 e. The molecule has 0 radical (unpaired) electrons. The Labute approximate surface area is 90.2 Å². The summed E-state index contributed by atoms with van der Waals surface area (Å²) >= 11 is 5.93. The van der Waals surface area contributed by atoms with Gasteiger partial charge in [0.25, 0.3) is 6.43 Å². The van der Waals surface area contributed by atoms with Crippen molar-refractivity contribution in [3.05, 3.63) is 26.4 Å². The van der Waals surface area contributed by atoms with E-state index in [1.54, 1.807) is 0 Å². The van der Waals surface area contributed by atoms with Crippen LogP contribution in [-0.2, 0) is 6.61 Å². The third-order valence-electron chi connectivity index (χ3n) is 1.50. The Hall–Kier alpha value is -0.0700. The lowest BCUT2D eigenvalue weighted by Gasteiger charge is -2.09. The largest absolute Gasteiger partial charge is 0.392 e. The minimum absolute atomic E-state index is 0.115. The second-order valence-electron chi connectivity index (χ2n) is 2.25. The van der Waals surface area contributed by atoms with Crippen LogP contribution in [0.1, 0.15) is 17.6 Å². The summed E-state index contributed by atoms with van der Waals surface area (Å²) < 4.78 is 25.4. The molecular formula is C7H5Br2F2NO. The molecule has 0 aliphatic heterocycles. The van der Waals surface area contributed by atoms with Crippen LogP contribution < -0.4 is 0 Å². The third kappa shape index (κ3) is 2.24. The average Bonchev–Trinajstić information content (AvgIpc) is 2.07. The van der Waals surface area contributed by atoms with E-state index in [-0.39, 0.29) is 20.2 Å². The van der Waals surface area contributed by atoms with E-state index in [0.29, 0.717) is 0 Å². The Balaban J connectivity index is 3.35. The molecule has 1 heterocycles. The zero-order valence-corrected chi connectivity index (χ0v) is 9.44. The van der Waals surface area contributed by atoms with Crippen molar-refractivity contribution in [3.63, 3.8) is 0 Å². The molecule has 0 saturated carbocycles. The first kappa shape index (κ1) is 11.0. The summed E-state index contributed by atoms with van der Waals surface area (Å²) in [5.41, 5.74) is -0.103. The van der Waals surface area contributed by atoms with E-state index in [0.717, 1.165) is 0 Å². The van der Waals surface area contributed by atoms with Crippen LogP contribution in [-0.4, -0.2) is 10.1 Å². The summed E-state index contributed by atoms with van der Waals surface area (Å²) in [5, 5.41) is 8.85. The van der Waals surface area contributed by atoms with Crippen LogP contribution in [0.3, 0.4) is 0 Å². The lowest BCUT2D eigenvalue weighted by atomic mass is 10.1. The maximum absolute atomic E-state index is 12.5. The highest BCUT2D eigenvalue weighted by Gasteiger charge is 2.19. The minimum atomic E-state index is -2.63. The number of aliphatic hydroxyl groups is 1. The zero-order chi connectivity index (χ0) is 10.0. The maximum Gasteiger partial charge on any atom is 0.265 e. The molecule has 0 fully saturated rings. The number of hydrogen-bond donors (Lipinski definition) is 1. The molecule has 1 N–H and O–H groups in total. The molecule has 0 aromatic carbocycles. The number of hydrogen-bond acceptors (Lipinski definition) is 2. The zero-order valence-electron chi connectivity index (χ0n) is 6.27. The monoisotopic (exact) mass is 315 g/mol. The Bertz CT molecular complexity index is 320. The van der Waals surface area contributed by atoms with Crippen molar-refractivity contribution < 1.29 is 13.9 Å². The van der Waals surface area contributed by atoms with Crippen LogP contribution in [0.2, 0.25) is 0 Å². The van der Waals surface area contributed by atoms with Crippen LogP contribution in [0.4, 0.5) is 8.78 Å². The molecule has 1 rings (SSSR count). The van der Waals surface area contributed by atoms with Gasteiger partial charge >= 0.3 is 0 Å². The molecule has 1 aromatic heterocycles. The van der Waals surface area contributed by atoms with E-state index in [2.05, 4.69) is 36.8 Å². The van der Waals surface area contributed by atoms with E-state index < -0.39 is 13.0 Å². The van der Waals surface area contributed by atoms with Crippen LogP contribution in [0, 0.1) is 0 Å². The number of halogens is 4. The summed E-state index contributed by atoms with van der Waals surface area (Å²) in [6, 6.07) is 0. The van der Waals surface area contributed by atoms with Gasteiger partial charge in [0, 0.05) is 21.8 Å². The van der Waals surface area contributed by atoms with Gasteiger partial charge in [-0.1, -0.05) is 0 Å².